The zero-order valence-electron chi connectivity index (χ0n) is 12.0. The summed E-state index contributed by atoms with van der Waals surface area (Å²) in [7, 11) is 1.64. The van der Waals surface area contributed by atoms with Crippen molar-refractivity contribution >= 4 is 5.97 Å². The van der Waals surface area contributed by atoms with E-state index in [0.29, 0.717) is 0 Å². The number of aliphatic hydroxyl groups is 1. The summed E-state index contributed by atoms with van der Waals surface area (Å²) < 4.78 is 10.2. The fourth-order valence-electron chi connectivity index (χ4n) is 1.83. The van der Waals surface area contributed by atoms with Crippen molar-refractivity contribution in [3.05, 3.63) is 29.3 Å². The van der Waals surface area contributed by atoms with Crippen LogP contribution in [-0.4, -0.2) is 31.4 Å². The lowest BCUT2D eigenvalue weighted by molar-refractivity contribution is -0.143. The molecule has 0 amide bonds. The molecule has 0 heterocycles. The van der Waals surface area contributed by atoms with Gasteiger partial charge in [-0.25, -0.2) is 0 Å². The highest BCUT2D eigenvalue weighted by Crippen LogP contribution is 2.32. The van der Waals surface area contributed by atoms with Crippen LogP contribution in [0.15, 0.2) is 18.2 Å². The first kappa shape index (κ1) is 15.5. The molecule has 0 aromatic heterocycles. The quantitative estimate of drug-likeness (QED) is 0.829. The Kier molecular flexibility index (Phi) is 5.36. The van der Waals surface area contributed by atoms with Crippen molar-refractivity contribution < 1.29 is 19.4 Å². The minimum atomic E-state index is -0.334. The van der Waals surface area contributed by atoms with Gasteiger partial charge in [0.25, 0.3) is 0 Å². The van der Waals surface area contributed by atoms with Gasteiger partial charge in [0.15, 0.2) is 0 Å². The van der Waals surface area contributed by atoms with E-state index in [1.54, 1.807) is 7.11 Å². The van der Waals surface area contributed by atoms with Crippen molar-refractivity contribution in [2.45, 2.75) is 32.6 Å². The van der Waals surface area contributed by atoms with Gasteiger partial charge < -0.3 is 14.6 Å². The Bertz CT molecular complexity index is 432. The van der Waals surface area contributed by atoms with Crippen LogP contribution in [0.4, 0.5) is 0 Å². The Morgan fingerprint density at radius 2 is 2.00 bits per heavy atom. The van der Waals surface area contributed by atoms with E-state index in [1.165, 1.54) is 0 Å². The Balaban J connectivity index is 2.90. The molecule has 0 aliphatic heterocycles. The summed E-state index contributed by atoms with van der Waals surface area (Å²) in [5, 5.41) is 8.61. The van der Waals surface area contributed by atoms with Crippen LogP contribution in [0.3, 0.4) is 0 Å². The molecule has 106 valence electrons. The van der Waals surface area contributed by atoms with E-state index in [9.17, 15) is 4.79 Å². The van der Waals surface area contributed by atoms with Crippen LogP contribution in [0.25, 0.3) is 0 Å². The van der Waals surface area contributed by atoms with Gasteiger partial charge in [0, 0.05) is 0 Å². The van der Waals surface area contributed by atoms with Gasteiger partial charge in [-0.1, -0.05) is 32.9 Å². The number of methoxy groups -OCH3 is 1. The standard InChI is InChI=1S/C15H22O4/c1-15(2,3)12-9-11(5-6-13(12)18-4)10-14(17)19-8-7-16/h5-6,9,16H,7-8,10H2,1-4H3. The van der Waals surface area contributed by atoms with Gasteiger partial charge in [0.05, 0.1) is 20.1 Å². The van der Waals surface area contributed by atoms with Crippen LogP contribution < -0.4 is 4.74 Å². The zero-order valence-corrected chi connectivity index (χ0v) is 12.0. The number of hydrogen-bond donors (Lipinski definition) is 1. The zero-order chi connectivity index (χ0) is 14.5. The first-order valence-electron chi connectivity index (χ1n) is 6.32. The van der Waals surface area contributed by atoms with E-state index >= 15 is 0 Å². The van der Waals surface area contributed by atoms with Gasteiger partial charge in [-0.2, -0.15) is 0 Å². The van der Waals surface area contributed by atoms with E-state index in [0.717, 1.165) is 16.9 Å². The van der Waals surface area contributed by atoms with Crippen LogP contribution in [0, 0.1) is 0 Å². The molecule has 0 atom stereocenters. The van der Waals surface area contributed by atoms with Gasteiger partial charge in [-0.15, -0.1) is 0 Å². The van der Waals surface area contributed by atoms with Crippen LogP contribution in [-0.2, 0) is 21.4 Å². The molecule has 0 fully saturated rings. The van der Waals surface area contributed by atoms with Crippen molar-refractivity contribution in [3.63, 3.8) is 0 Å². The van der Waals surface area contributed by atoms with Crippen LogP contribution >= 0.6 is 0 Å². The molecule has 0 saturated carbocycles. The van der Waals surface area contributed by atoms with E-state index in [-0.39, 0.29) is 31.0 Å². The number of ether oxygens (including phenoxy) is 2. The molecule has 1 rings (SSSR count). The lowest BCUT2D eigenvalue weighted by Gasteiger charge is -2.22. The Morgan fingerprint density at radius 1 is 1.32 bits per heavy atom. The molecule has 0 unspecified atom stereocenters. The number of esters is 1. The van der Waals surface area contributed by atoms with Gasteiger partial charge >= 0.3 is 5.97 Å². The van der Waals surface area contributed by atoms with Crippen molar-refractivity contribution in [2.75, 3.05) is 20.3 Å². The monoisotopic (exact) mass is 266 g/mol. The van der Waals surface area contributed by atoms with E-state index in [1.807, 2.05) is 18.2 Å². The number of aliphatic hydroxyl groups excluding tert-OH is 1. The predicted molar refractivity (Wildman–Crippen MR) is 73.4 cm³/mol. The summed E-state index contributed by atoms with van der Waals surface area (Å²) in [6.45, 7) is 6.18. The summed E-state index contributed by atoms with van der Waals surface area (Å²) >= 11 is 0. The predicted octanol–water partition coefficient (Wildman–Crippen LogP) is 2.07. The van der Waals surface area contributed by atoms with Crippen LogP contribution in [0.1, 0.15) is 31.9 Å². The second-order valence-corrected chi connectivity index (χ2v) is 5.41. The highest BCUT2D eigenvalue weighted by molar-refractivity contribution is 5.72. The van der Waals surface area contributed by atoms with E-state index in [4.69, 9.17) is 14.6 Å². The smallest absolute Gasteiger partial charge is 0.310 e. The minimum absolute atomic E-state index is 0.0428. The first-order valence-corrected chi connectivity index (χ1v) is 6.32. The topological polar surface area (TPSA) is 55.8 Å². The van der Waals surface area contributed by atoms with Crippen LogP contribution in [0.5, 0.6) is 5.75 Å². The highest BCUT2D eigenvalue weighted by Gasteiger charge is 2.19. The van der Waals surface area contributed by atoms with Crippen LogP contribution in [0.2, 0.25) is 0 Å². The third-order valence-corrected chi connectivity index (χ3v) is 2.77. The lowest BCUT2D eigenvalue weighted by Crippen LogP contribution is -2.15. The summed E-state index contributed by atoms with van der Waals surface area (Å²) in [5.41, 5.74) is 1.88. The van der Waals surface area contributed by atoms with Gasteiger partial charge in [-0.3, -0.25) is 4.79 Å². The van der Waals surface area contributed by atoms with Crippen molar-refractivity contribution in [1.29, 1.82) is 0 Å². The number of hydrogen-bond acceptors (Lipinski definition) is 4. The Morgan fingerprint density at radius 3 is 2.53 bits per heavy atom. The molecule has 0 aliphatic carbocycles. The van der Waals surface area contributed by atoms with Gasteiger partial charge in [0.1, 0.15) is 12.4 Å². The molecule has 4 heteroatoms. The van der Waals surface area contributed by atoms with Crippen molar-refractivity contribution in [1.82, 2.24) is 0 Å². The lowest BCUT2D eigenvalue weighted by atomic mass is 9.85. The van der Waals surface area contributed by atoms with Crippen molar-refractivity contribution in [3.8, 4) is 5.75 Å². The normalized spacial score (nSPS) is 11.2. The number of carbonyl (C=O) groups excluding carboxylic acids is 1. The van der Waals surface area contributed by atoms with Crippen molar-refractivity contribution in [2.24, 2.45) is 0 Å². The molecule has 1 aromatic carbocycles. The molecular weight excluding hydrogens is 244 g/mol. The fraction of sp³-hybridized carbons (Fsp3) is 0.533. The molecule has 19 heavy (non-hydrogen) atoms. The summed E-state index contributed by atoms with van der Waals surface area (Å²) in [6, 6.07) is 5.70. The molecule has 0 spiro atoms. The molecule has 0 bridgehead atoms. The summed E-state index contributed by atoms with van der Waals surface area (Å²) in [6.07, 6.45) is 0.201. The maximum Gasteiger partial charge on any atom is 0.310 e. The largest absolute Gasteiger partial charge is 0.496 e. The molecule has 1 N–H and O–H groups in total. The Labute approximate surface area is 114 Å². The van der Waals surface area contributed by atoms with E-state index in [2.05, 4.69) is 20.8 Å². The molecule has 4 nitrogen and oxygen atoms in total. The van der Waals surface area contributed by atoms with Gasteiger partial charge in [-0.05, 0) is 22.6 Å². The third-order valence-electron chi connectivity index (χ3n) is 2.77. The third kappa shape index (κ3) is 4.56. The average molecular weight is 266 g/mol. The van der Waals surface area contributed by atoms with Gasteiger partial charge in [0.2, 0.25) is 0 Å². The maximum atomic E-state index is 11.5. The molecule has 0 saturated heterocycles. The summed E-state index contributed by atoms with van der Waals surface area (Å²) in [4.78, 5) is 11.5. The number of rotatable bonds is 5. The highest BCUT2D eigenvalue weighted by atomic mass is 16.5. The maximum absolute atomic E-state index is 11.5. The van der Waals surface area contributed by atoms with E-state index < -0.39 is 0 Å². The molecular formula is C15H22O4. The number of carbonyl (C=O) groups is 1. The second kappa shape index (κ2) is 6.57. The molecule has 0 aliphatic rings. The molecule has 0 radical (unpaired) electrons. The second-order valence-electron chi connectivity index (χ2n) is 5.41. The minimum Gasteiger partial charge on any atom is -0.496 e. The number of benzene rings is 1. The first-order chi connectivity index (χ1) is 8.88. The Hall–Kier alpha value is -1.55. The SMILES string of the molecule is COc1ccc(CC(=O)OCCO)cc1C(C)(C)C. The molecule has 1 aromatic rings. The fourth-order valence-corrected chi connectivity index (χ4v) is 1.83. The average Bonchev–Trinajstić information content (AvgIpc) is 2.35. The summed E-state index contributed by atoms with van der Waals surface area (Å²) in [5.74, 6) is 0.485.